The molecule has 1 aromatic carbocycles. The quantitative estimate of drug-likeness (QED) is 0.657. The number of anilines is 1. The fourth-order valence-electron chi connectivity index (χ4n) is 7.06. The summed E-state index contributed by atoms with van der Waals surface area (Å²) in [5.41, 5.74) is -0.375. The van der Waals surface area contributed by atoms with Crippen molar-refractivity contribution in [1.82, 2.24) is 10.2 Å². The summed E-state index contributed by atoms with van der Waals surface area (Å²) in [7, 11) is 0. The van der Waals surface area contributed by atoms with Gasteiger partial charge in [-0.05, 0) is 37.8 Å². The third kappa shape index (κ3) is 3.39. The van der Waals surface area contributed by atoms with Crippen LogP contribution >= 0.6 is 0 Å². The van der Waals surface area contributed by atoms with Crippen LogP contribution in [0.25, 0.3) is 0 Å². The normalized spacial score (nSPS) is 35.1. The molecule has 0 unspecified atom stereocenters. The fourth-order valence-corrected chi connectivity index (χ4v) is 7.06. The van der Waals surface area contributed by atoms with Gasteiger partial charge in [0.25, 0.3) is 0 Å². The molecule has 0 aromatic heterocycles. The first-order chi connectivity index (χ1) is 16.6. The van der Waals surface area contributed by atoms with Gasteiger partial charge in [0.1, 0.15) is 11.6 Å². The Labute approximate surface area is 200 Å². The zero-order valence-corrected chi connectivity index (χ0v) is 19.4. The molecule has 7 nitrogen and oxygen atoms in total. The van der Waals surface area contributed by atoms with Gasteiger partial charge in [0, 0.05) is 17.8 Å². The van der Waals surface area contributed by atoms with Crippen molar-refractivity contribution < 1.29 is 19.1 Å². The molecule has 5 aliphatic rings. The van der Waals surface area contributed by atoms with Gasteiger partial charge in [-0.1, -0.05) is 62.5 Å². The molecule has 3 amide bonds. The number of benzene rings is 1. The molecule has 2 saturated carbocycles. The van der Waals surface area contributed by atoms with Crippen molar-refractivity contribution in [3.63, 3.8) is 0 Å². The lowest BCUT2D eigenvalue weighted by atomic mass is 9.74. The van der Waals surface area contributed by atoms with E-state index in [9.17, 15) is 14.4 Å². The number of para-hydroxylation sites is 1. The van der Waals surface area contributed by atoms with Crippen molar-refractivity contribution in [3.8, 4) is 0 Å². The Kier molecular flexibility index (Phi) is 5.47. The van der Waals surface area contributed by atoms with Gasteiger partial charge in [0.15, 0.2) is 0 Å². The minimum Gasteiger partial charge on any atom is -0.359 e. The van der Waals surface area contributed by atoms with E-state index in [2.05, 4.69) is 10.6 Å². The lowest BCUT2D eigenvalue weighted by Crippen LogP contribution is -2.58. The molecule has 7 heteroatoms. The van der Waals surface area contributed by atoms with E-state index >= 15 is 0 Å². The van der Waals surface area contributed by atoms with E-state index in [-0.39, 0.29) is 29.8 Å². The predicted octanol–water partition coefficient (Wildman–Crippen LogP) is 3.17. The topological polar surface area (TPSA) is 87.7 Å². The second-order valence-corrected chi connectivity index (χ2v) is 10.6. The average Bonchev–Trinajstić information content (AvgIpc) is 3.62. The smallest absolute Gasteiger partial charge is 0.246 e. The van der Waals surface area contributed by atoms with Crippen LogP contribution in [0.2, 0.25) is 0 Å². The lowest BCUT2D eigenvalue weighted by molar-refractivity contribution is -0.144. The average molecular weight is 464 g/mol. The molecule has 3 heterocycles. The zero-order chi connectivity index (χ0) is 23.3. The summed E-state index contributed by atoms with van der Waals surface area (Å²) >= 11 is 0. The third-order valence-electron chi connectivity index (χ3n) is 8.57. The predicted molar refractivity (Wildman–Crippen MR) is 127 cm³/mol. The Morgan fingerprint density at radius 3 is 2.38 bits per heavy atom. The molecule has 2 aliphatic carbocycles. The van der Waals surface area contributed by atoms with Crippen molar-refractivity contribution in [1.29, 1.82) is 0 Å². The summed E-state index contributed by atoms with van der Waals surface area (Å²) in [6.07, 6.45) is 12.6. The number of carbonyl (C=O) groups is 3. The lowest BCUT2D eigenvalue weighted by Gasteiger charge is -2.36. The second kappa shape index (κ2) is 8.52. The summed E-state index contributed by atoms with van der Waals surface area (Å²) in [6, 6.07) is 8.75. The van der Waals surface area contributed by atoms with E-state index in [1.54, 1.807) is 0 Å². The van der Waals surface area contributed by atoms with Crippen LogP contribution in [-0.2, 0) is 19.1 Å². The van der Waals surface area contributed by atoms with Crippen LogP contribution in [0, 0.1) is 11.8 Å². The Hall–Kier alpha value is -2.67. The molecule has 2 N–H and O–H groups in total. The van der Waals surface area contributed by atoms with Crippen LogP contribution in [0.5, 0.6) is 0 Å². The number of nitrogens with zero attached hydrogens (tertiary/aromatic N) is 1. The van der Waals surface area contributed by atoms with Crippen LogP contribution in [0.1, 0.15) is 57.8 Å². The van der Waals surface area contributed by atoms with Gasteiger partial charge in [-0.2, -0.15) is 0 Å². The second-order valence-electron chi connectivity index (χ2n) is 10.6. The molecule has 34 heavy (non-hydrogen) atoms. The largest absolute Gasteiger partial charge is 0.359 e. The molecule has 1 spiro atoms. The molecular formula is C27H33N3O4. The fraction of sp³-hybridized carbons (Fsp3) is 0.593. The molecule has 4 fully saturated rings. The first-order valence-corrected chi connectivity index (χ1v) is 12.9. The number of amides is 3. The molecule has 5 atom stereocenters. The minimum atomic E-state index is -1.07. The molecule has 0 radical (unpaired) electrons. The van der Waals surface area contributed by atoms with Crippen molar-refractivity contribution in [2.45, 2.75) is 87.6 Å². The van der Waals surface area contributed by atoms with E-state index in [1.165, 1.54) is 6.42 Å². The number of nitrogens with one attached hydrogen (secondary N) is 2. The maximum Gasteiger partial charge on any atom is 0.246 e. The van der Waals surface area contributed by atoms with E-state index in [0.29, 0.717) is 5.69 Å². The molecule has 3 aliphatic heterocycles. The van der Waals surface area contributed by atoms with E-state index in [1.807, 2.05) is 47.4 Å². The van der Waals surface area contributed by atoms with Crippen LogP contribution in [0.4, 0.5) is 5.69 Å². The third-order valence-corrected chi connectivity index (χ3v) is 8.57. The maximum absolute atomic E-state index is 14.0. The first-order valence-electron chi connectivity index (χ1n) is 12.9. The summed E-state index contributed by atoms with van der Waals surface area (Å²) < 4.78 is 6.44. The summed E-state index contributed by atoms with van der Waals surface area (Å²) in [6.45, 7) is 0. The van der Waals surface area contributed by atoms with Gasteiger partial charge < -0.3 is 20.3 Å². The number of rotatable bonds is 5. The van der Waals surface area contributed by atoms with Crippen molar-refractivity contribution in [2.24, 2.45) is 11.8 Å². The zero-order valence-electron chi connectivity index (χ0n) is 19.4. The van der Waals surface area contributed by atoms with Gasteiger partial charge in [-0.3, -0.25) is 14.4 Å². The Bertz CT molecular complexity index is 998. The molecular weight excluding hydrogens is 430 g/mol. The van der Waals surface area contributed by atoms with Crippen LogP contribution in [0.15, 0.2) is 42.5 Å². The Balaban J connectivity index is 1.32. The highest BCUT2D eigenvalue weighted by Gasteiger charge is 2.73. The number of ether oxygens (including phenoxy) is 1. The molecule has 6 rings (SSSR count). The molecule has 180 valence electrons. The Morgan fingerprint density at radius 1 is 0.941 bits per heavy atom. The molecule has 1 aromatic rings. The summed E-state index contributed by atoms with van der Waals surface area (Å²) in [5.74, 6) is -1.76. The highest BCUT2D eigenvalue weighted by atomic mass is 16.5. The number of fused-ring (bicyclic) bond motifs is 1. The number of hydrogen-bond donors (Lipinski definition) is 2. The van der Waals surface area contributed by atoms with Crippen LogP contribution in [-0.4, -0.2) is 52.5 Å². The molecule has 2 bridgehead atoms. The maximum atomic E-state index is 14.0. The van der Waals surface area contributed by atoms with Gasteiger partial charge in [-0.25, -0.2) is 0 Å². The highest BCUT2D eigenvalue weighted by Crippen LogP contribution is 2.56. The Morgan fingerprint density at radius 2 is 1.65 bits per heavy atom. The van der Waals surface area contributed by atoms with Gasteiger partial charge in [0.05, 0.1) is 17.9 Å². The minimum absolute atomic E-state index is 0.0310. The van der Waals surface area contributed by atoms with Gasteiger partial charge >= 0.3 is 0 Å². The standard InChI is InChI=1S/C27H33N3O4/c31-24(28-17-9-3-1-4-10-17)21-20-15-16-27(34-20)22(21)26(33)30(19-13-7-8-14-19)23(27)25(32)29-18-11-5-2-6-12-18/h1,3-4,9-10,15-16,18-23H,2,5-8,11-14H2,(H,28,31)(H,29,32)/t20-,21-,22-,23+,27-/m1/s1. The number of carbonyl (C=O) groups excluding carboxylic acids is 3. The molecule has 2 saturated heterocycles. The van der Waals surface area contributed by atoms with E-state index in [0.717, 1.165) is 51.4 Å². The summed E-state index contributed by atoms with van der Waals surface area (Å²) in [4.78, 5) is 43.0. The SMILES string of the molecule is O=C(Nc1ccccc1)[C@@H]1[C@H]2C=C[C@]3(O2)[C@H](C(=O)NC2CCCCC2)N(C2CCCC2)C(=O)[C@@H]13. The highest BCUT2D eigenvalue weighted by molar-refractivity contribution is 6.03. The van der Waals surface area contributed by atoms with E-state index in [4.69, 9.17) is 4.74 Å². The van der Waals surface area contributed by atoms with Crippen molar-refractivity contribution in [2.75, 3.05) is 5.32 Å². The number of hydrogen-bond acceptors (Lipinski definition) is 4. The van der Waals surface area contributed by atoms with Crippen molar-refractivity contribution >= 4 is 23.4 Å². The van der Waals surface area contributed by atoms with Crippen LogP contribution < -0.4 is 10.6 Å². The van der Waals surface area contributed by atoms with Crippen molar-refractivity contribution in [3.05, 3.63) is 42.5 Å². The first kappa shape index (κ1) is 21.8. The van der Waals surface area contributed by atoms with Gasteiger partial charge in [0.2, 0.25) is 17.7 Å². The van der Waals surface area contributed by atoms with Crippen LogP contribution in [0.3, 0.4) is 0 Å². The summed E-state index contributed by atoms with van der Waals surface area (Å²) in [5, 5.41) is 6.23. The number of likely N-dealkylation sites (tertiary alicyclic amines) is 1. The van der Waals surface area contributed by atoms with E-state index < -0.39 is 29.6 Å². The monoisotopic (exact) mass is 463 g/mol. The van der Waals surface area contributed by atoms with Gasteiger partial charge in [-0.15, -0.1) is 0 Å².